The number of aromatic hydroxyl groups is 1. The van der Waals surface area contributed by atoms with Crippen LogP contribution < -0.4 is 0 Å². The van der Waals surface area contributed by atoms with Gasteiger partial charge >= 0.3 is 7.60 Å². The molecule has 1 aromatic carbocycles. The van der Waals surface area contributed by atoms with E-state index in [2.05, 4.69) is 20.8 Å². The molecule has 114 valence electrons. The van der Waals surface area contributed by atoms with Gasteiger partial charge in [-0.25, -0.2) is 0 Å². The number of phenolic OH excluding ortho intramolecular Hbond substituents is 1. The maximum atomic E-state index is 12.3. The third kappa shape index (κ3) is 3.43. The van der Waals surface area contributed by atoms with Crippen molar-refractivity contribution in [3.05, 3.63) is 28.3 Å². The van der Waals surface area contributed by atoms with Gasteiger partial charge in [0.25, 0.3) is 0 Å². The molecule has 0 bridgehead atoms. The number of phenols is 1. The molecule has 0 aromatic heterocycles. The molecule has 0 saturated heterocycles. The number of aryl methyl sites for hydroxylation is 1. The molecule has 0 amide bonds. The van der Waals surface area contributed by atoms with Crippen molar-refractivity contribution < 1.29 is 18.7 Å². The zero-order valence-corrected chi connectivity index (χ0v) is 14.3. The summed E-state index contributed by atoms with van der Waals surface area (Å²) in [4.78, 5) is 0. The molecular weight excluding hydrogens is 275 g/mol. The fourth-order valence-electron chi connectivity index (χ4n) is 2.22. The van der Waals surface area contributed by atoms with Crippen LogP contribution in [-0.2, 0) is 25.2 Å². The molecule has 0 heterocycles. The Hall–Kier alpha value is -0.830. The quantitative estimate of drug-likeness (QED) is 0.843. The van der Waals surface area contributed by atoms with E-state index < -0.39 is 7.60 Å². The van der Waals surface area contributed by atoms with Crippen molar-refractivity contribution in [2.75, 3.05) is 14.2 Å². The monoisotopic (exact) mass is 300 g/mol. The van der Waals surface area contributed by atoms with Gasteiger partial charge in [-0.3, -0.25) is 4.57 Å². The first-order valence-corrected chi connectivity index (χ1v) is 8.31. The summed E-state index contributed by atoms with van der Waals surface area (Å²) in [7, 11) is -0.397. The minimum Gasteiger partial charge on any atom is -0.507 e. The molecular formula is C15H25O4P. The molecule has 0 aliphatic heterocycles. The smallest absolute Gasteiger partial charge is 0.334 e. The Labute approximate surface area is 121 Å². The summed E-state index contributed by atoms with van der Waals surface area (Å²) in [5, 5.41) is 10.4. The van der Waals surface area contributed by atoms with Crippen LogP contribution in [0.15, 0.2) is 6.07 Å². The standard InChI is InChI=1S/C15H25O4P/c1-10-8-13(15(3,4)5)14(16)11(2)12(10)9-20(17,18-6)19-7/h8,16H,9H2,1-7H3. The average Bonchev–Trinajstić information content (AvgIpc) is 2.37. The summed E-state index contributed by atoms with van der Waals surface area (Å²) in [6.45, 7) is 9.94. The highest BCUT2D eigenvalue weighted by atomic mass is 31.2. The SMILES string of the molecule is COP(=O)(Cc1c(C)cc(C(C)(C)C)c(O)c1C)OC. The van der Waals surface area contributed by atoms with Crippen LogP contribution in [-0.4, -0.2) is 19.3 Å². The van der Waals surface area contributed by atoms with Crippen LogP contribution in [0.3, 0.4) is 0 Å². The maximum Gasteiger partial charge on any atom is 0.334 e. The predicted molar refractivity (Wildman–Crippen MR) is 81.6 cm³/mol. The van der Waals surface area contributed by atoms with Gasteiger partial charge in [0.2, 0.25) is 0 Å². The second-order valence-electron chi connectivity index (χ2n) is 6.08. The minimum atomic E-state index is -3.14. The van der Waals surface area contributed by atoms with Crippen molar-refractivity contribution in [3.63, 3.8) is 0 Å². The summed E-state index contributed by atoms with van der Waals surface area (Å²) in [5.41, 5.74) is 3.29. The molecule has 1 aromatic rings. The Morgan fingerprint density at radius 2 is 1.70 bits per heavy atom. The lowest BCUT2D eigenvalue weighted by molar-refractivity contribution is 0.274. The van der Waals surface area contributed by atoms with Gasteiger partial charge in [-0.1, -0.05) is 26.8 Å². The van der Waals surface area contributed by atoms with Crippen molar-refractivity contribution in [1.29, 1.82) is 0 Å². The van der Waals surface area contributed by atoms with Crippen molar-refractivity contribution in [2.24, 2.45) is 0 Å². The molecule has 20 heavy (non-hydrogen) atoms. The molecule has 0 saturated carbocycles. The van der Waals surface area contributed by atoms with Crippen molar-refractivity contribution in [3.8, 4) is 5.75 Å². The average molecular weight is 300 g/mol. The zero-order valence-electron chi connectivity index (χ0n) is 13.4. The molecule has 0 unspecified atom stereocenters. The van der Waals surface area contributed by atoms with Crippen LogP contribution in [0.25, 0.3) is 0 Å². The van der Waals surface area contributed by atoms with E-state index in [1.54, 1.807) is 0 Å². The largest absolute Gasteiger partial charge is 0.507 e. The Balaban J connectivity index is 3.39. The Morgan fingerprint density at radius 3 is 2.10 bits per heavy atom. The maximum absolute atomic E-state index is 12.3. The van der Waals surface area contributed by atoms with Crippen LogP contribution in [0.4, 0.5) is 0 Å². The van der Waals surface area contributed by atoms with Gasteiger partial charge in [0.15, 0.2) is 0 Å². The van der Waals surface area contributed by atoms with E-state index in [-0.39, 0.29) is 17.3 Å². The molecule has 0 atom stereocenters. The van der Waals surface area contributed by atoms with Gasteiger partial charge in [-0.05, 0) is 41.5 Å². The first-order valence-electron chi connectivity index (χ1n) is 6.58. The van der Waals surface area contributed by atoms with E-state index in [0.29, 0.717) is 0 Å². The van der Waals surface area contributed by atoms with Gasteiger partial charge in [0, 0.05) is 14.2 Å². The number of hydrogen-bond donors (Lipinski definition) is 1. The van der Waals surface area contributed by atoms with E-state index in [4.69, 9.17) is 9.05 Å². The Morgan fingerprint density at radius 1 is 1.20 bits per heavy atom. The lowest BCUT2D eigenvalue weighted by Gasteiger charge is -2.25. The number of rotatable bonds is 4. The minimum absolute atomic E-state index is 0.148. The van der Waals surface area contributed by atoms with Gasteiger partial charge in [0.05, 0.1) is 6.16 Å². The second-order valence-corrected chi connectivity index (χ2v) is 8.35. The zero-order chi connectivity index (χ0) is 15.7. The Bertz CT molecular complexity index is 536. The highest BCUT2D eigenvalue weighted by molar-refractivity contribution is 7.52. The van der Waals surface area contributed by atoms with E-state index in [9.17, 15) is 9.67 Å². The third-order valence-corrected chi connectivity index (χ3v) is 5.43. The highest BCUT2D eigenvalue weighted by Crippen LogP contribution is 2.51. The van der Waals surface area contributed by atoms with Crippen molar-refractivity contribution >= 4 is 7.60 Å². The van der Waals surface area contributed by atoms with E-state index >= 15 is 0 Å². The van der Waals surface area contributed by atoms with Crippen LogP contribution >= 0.6 is 7.60 Å². The van der Waals surface area contributed by atoms with Crippen molar-refractivity contribution in [2.45, 2.75) is 46.2 Å². The molecule has 0 fully saturated rings. The van der Waals surface area contributed by atoms with E-state index in [0.717, 1.165) is 22.3 Å². The Kier molecular flexibility index (Phi) is 5.07. The first kappa shape index (κ1) is 17.2. The lowest BCUT2D eigenvalue weighted by atomic mass is 9.83. The summed E-state index contributed by atoms with van der Waals surface area (Å²) >= 11 is 0. The molecule has 0 radical (unpaired) electrons. The molecule has 1 N–H and O–H groups in total. The van der Waals surface area contributed by atoms with Crippen LogP contribution in [0.5, 0.6) is 5.75 Å². The van der Waals surface area contributed by atoms with Crippen LogP contribution in [0, 0.1) is 13.8 Å². The highest BCUT2D eigenvalue weighted by Gasteiger charge is 2.27. The molecule has 0 aliphatic carbocycles. The second kappa shape index (κ2) is 5.88. The fourth-order valence-corrected chi connectivity index (χ4v) is 3.51. The summed E-state index contributed by atoms with van der Waals surface area (Å²) < 4.78 is 22.3. The summed E-state index contributed by atoms with van der Waals surface area (Å²) in [5.74, 6) is 0.261. The molecule has 5 heteroatoms. The number of hydrogen-bond acceptors (Lipinski definition) is 4. The van der Waals surface area contributed by atoms with Gasteiger partial charge in [0.1, 0.15) is 5.75 Å². The van der Waals surface area contributed by atoms with Crippen molar-refractivity contribution in [1.82, 2.24) is 0 Å². The molecule has 0 aliphatic rings. The van der Waals surface area contributed by atoms with Crippen LogP contribution in [0.2, 0.25) is 0 Å². The van der Waals surface area contributed by atoms with Gasteiger partial charge in [-0.15, -0.1) is 0 Å². The van der Waals surface area contributed by atoms with E-state index in [1.807, 2.05) is 19.9 Å². The summed E-state index contributed by atoms with van der Waals surface area (Å²) in [6.07, 6.45) is 0.162. The molecule has 0 spiro atoms. The predicted octanol–water partition coefficient (Wildman–Crippen LogP) is 4.29. The fraction of sp³-hybridized carbons (Fsp3) is 0.600. The molecule has 1 rings (SSSR count). The summed E-state index contributed by atoms with van der Waals surface area (Å²) in [6, 6.07) is 1.95. The topological polar surface area (TPSA) is 55.8 Å². The van der Waals surface area contributed by atoms with E-state index in [1.165, 1.54) is 14.2 Å². The van der Waals surface area contributed by atoms with Gasteiger partial charge in [-0.2, -0.15) is 0 Å². The normalized spacial score (nSPS) is 12.8. The molecule has 4 nitrogen and oxygen atoms in total. The third-order valence-electron chi connectivity index (χ3n) is 3.62. The number of benzene rings is 1. The van der Waals surface area contributed by atoms with Crippen LogP contribution in [0.1, 0.15) is 43.0 Å². The van der Waals surface area contributed by atoms with Gasteiger partial charge < -0.3 is 14.2 Å². The lowest BCUT2D eigenvalue weighted by Crippen LogP contribution is -2.13. The first-order chi connectivity index (χ1) is 9.05.